The summed E-state index contributed by atoms with van der Waals surface area (Å²) in [5, 5.41) is 3.54. The van der Waals surface area contributed by atoms with Crippen LogP contribution in [0.5, 0.6) is 0 Å². The fourth-order valence-corrected chi connectivity index (χ4v) is 2.55. The second-order valence-electron chi connectivity index (χ2n) is 5.67. The summed E-state index contributed by atoms with van der Waals surface area (Å²) < 4.78 is 5.60. The molecule has 2 unspecified atom stereocenters. The van der Waals surface area contributed by atoms with E-state index < -0.39 is 0 Å². The van der Waals surface area contributed by atoms with Gasteiger partial charge in [0.15, 0.2) is 0 Å². The lowest BCUT2D eigenvalue weighted by Gasteiger charge is -2.16. The van der Waals surface area contributed by atoms with Crippen molar-refractivity contribution in [3.63, 3.8) is 0 Å². The van der Waals surface area contributed by atoms with Crippen LogP contribution >= 0.6 is 0 Å². The van der Waals surface area contributed by atoms with Crippen LogP contribution < -0.4 is 5.32 Å². The van der Waals surface area contributed by atoms with Gasteiger partial charge >= 0.3 is 0 Å². The predicted molar refractivity (Wildman–Crippen MR) is 85.4 cm³/mol. The highest BCUT2D eigenvalue weighted by Gasteiger charge is 2.12. The smallest absolute Gasteiger partial charge is 0.106 e. The van der Waals surface area contributed by atoms with E-state index in [-0.39, 0.29) is 6.04 Å². The van der Waals surface area contributed by atoms with Gasteiger partial charge in [0.1, 0.15) is 11.5 Å². The first kappa shape index (κ1) is 14.7. The van der Waals surface area contributed by atoms with Gasteiger partial charge < -0.3 is 9.73 Å². The Hall–Kier alpha value is -1.70. The van der Waals surface area contributed by atoms with Crippen LogP contribution in [0.4, 0.5) is 5.69 Å². The van der Waals surface area contributed by atoms with Gasteiger partial charge in [-0.3, -0.25) is 0 Å². The fourth-order valence-electron chi connectivity index (χ4n) is 2.55. The van der Waals surface area contributed by atoms with Gasteiger partial charge in [0, 0.05) is 11.3 Å². The van der Waals surface area contributed by atoms with Crippen LogP contribution in [0.1, 0.15) is 61.8 Å². The Balaban J connectivity index is 2.08. The van der Waals surface area contributed by atoms with Gasteiger partial charge in [-0.25, -0.2) is 0 Å². The molecule has 0 fully saturated rings. The number of rotatable bonds is 5. The van der Waals surface area contributed by atoms with Gasteiger partial charge in [-0.15, -0.1) is 0 Å². The first-order valence-corrected chi connectivity index (χ1v) is 7.44. The van der Waals surface area contributed by atoms with E-state index in [2.05, 4.69) is 56.4 Å². The molecular weight excluding hydrogens is 246 g/mol. The van der Waals surface area contributed by atoms with Crippen molar-refractivity contribution < 1.29 is 4.42 Å². The highest BCUT2D eigenvalue weighted by Crippen LogP contribution is 2.26. The molecule has 1 heterocycles. The largest absolute Gasteiger partial charge is 0.466 e. The Morgan fingerprint density at radius 2 is 1.75 bits per heavy atom. The van der Waals surface area contributed by atoms with Crippen molar-refractivity contribution >= 4 is 5.69 Å². The third kappa shape index (κ3) is 3.24. The first-order chi connectivity index (χ1) is 9.51. The third-order valence-corrected chi connectivity index (χ3v) is 4.02. The van der Waals surface area contributed by atoms with E-state index in [1.807, 2.05) is 13.8 Å². The number of hydrogen-bond acceptors (Lipinski definition) is 2. The summed E-state index contributed by atoms with van der Waals surface area (Å²) in [7, 11) is 0. The maximum absolute atomic E-state index is 5.60. The maximum Gasteiger partial charge on any atom is 0.106 e. The van der Waals surface area contributed by atoms with Crippen LogP contribution in [0.3, 0.4) is 0 Å². The van der Waals surface area contributed by atoms with E-state index >= 15 is 0 Å². The minimum Gasteiger partial charge on any atom is -0.466 e. The van der Waals surface area contributed by atoms with Gasteiger partial charge in [0.25, 0.3) is 0 Å². The number of hydrogen-bond donors (Lipinski definition) is 1. The lowest BCUT2D eigenvalue weighted by atomic mass is 9.98. The summed E-state index contributed by atoms with van der Waals surface area (Å²) in [6, 6.07) is 11.1. The molecule has 2 aromatic rings. The molecule has 2 atom stereocenters. The lowest BCUT2D eigenvalue weighted by molar-refractivity contribution is 0.500. The molecule has 0 amide bonds. The molecule has 0 aliphatic carbocycles. The SMILES string of the molecule is CCC(C)c1ccc(NC(C)c2cc(C)oc2C)cc1. The summed E-state index contributed by atoms with van der Waals surface area (Å²) >= 11 is 0. The average Bonchev–Trinajstić information content (AvgIpc) is 2.78. The van der Waals surface area contributed by atoms with E-state index in [9.17, 15) is 0 Å². The second-order valence-corrected chi connectivity index (χ2v) is 5.67. The summed E-state index contributed by atoms with van der Waals surface area (Å²) in [6.45, 7) is 10.7. The van der Waals surface area contributed by atoms with Crippen molar-refractivity contribution in [3.8, 4) is 0 Å². The fraction of sp³-hybridized carbons (Fsp3) is 0.444. The summed E-state index contributed by atoms with van der Waals surface area (Å²) in [5.41, 5.74) is 3.79. The zero-order chi connectivity index (χ0) is 14.7. The molecule has 1 aromatic heterocycles. The number of nitrogens with one attached hydrogen (secondary N) is 1. The van der Waals surface area contributed by atoms with Crippen LogP contribution in [-0.2, 0) is 0 Å². The van der Waals surface area contributed by atoms with E-state index in [4.69, 9.17) is 4.42 Å². The molecule has 20 heavy (non-hydrogen) atoms. The third-order valence-electron chi connectivity index (χ3n) is 4.02. The van der Waals surface area contributed by atoms with Crippen LogP contribution in [0.15, 0.2) is 34.7 Å². The Kier molecular flexibility index (Phi) is 4.53. The van der Waals surface area contributed by atoms with Crippen molar-refractivity contribution in [1.82, 2.24) is 0 Å². The molecule has 2 rings (SSSR count). The van der Waals surface area contributed by atoms with Crippen molar-refractivity contribution in [2.24, 2.45) is 0 Å². The molecule has 0 bridgehead atoms. The van der Waals surface area contributed by atoms with Crippen molar-refractivity contribution in [2.45, 2.75) is 53.0 Å². The molecule has 2 heteroatoms. The van der Waals surface area contributed by atoms with E-state index in [1.54, 1.807) is 0 Å². The zero-order valence-corrected chi connectivity index (χ0v) is 13.2. The Bertz CT molecular complexity index is 553. The van der Waals surface area contributed by atoms with Crippen molar-refractivity contribution in [2.75, 3.05) is 5.32 Å². The Morgan fingerprint density at radius 3 is 2.25 bits per heavy atom. The molecular formula is C18H25NO. The van der Waals surface area contributed by atoms with Crippen molar-refractivity contribution in [1.29, 1.82) is 0 Å². The standard InChI is InChI=1S/C18H25NO/c1-6-12(2)16-7-9-17(10-8-16)19-14(4)18-11-13(3)20-15(18)5/h7-12,14,19H,6H2,1-5H3. The quantitative estimate of drug-likeness (QED) is 0.767. The summed E-state index contributed by atoms with van der Waals surface area (Å²) in [6.07, 6.45) is 1.18. The van der Waals surface area contributed by atoms with E-state index in [0.717, 1.165) is 17.2 Å². The normalized spacial score (nSPS) is 14.1. The second kappa shape index (κ2) is 6.17. The maximum atomic E-state index is 5.60. The van der Waals surface area contributed by atoms with Gasteiger partial charge in [-0.1, -0.05) is 26.0 Å². The number of furan rings is 1. The minimum absolute atomic E-state index is 0.252. The number of aryl methyl sites for hydroxylation is 2. The molecule has 2 nitrogen and oxygen atoms in total. The molecule has 0 saturated carbocycles. The van der Waals surface area contributed by atoms with Crippen LogP contribution in [0.25, 0.3) is 0 Å². The molecule has 0 aliphatic rings. The molecule has 108 valence electrons. The Morgan fingerprint density at radius 1 is 1.10 bits per heavy atom. The number of anilines is 1. The van der Waals surface area contributed by atoms with Gasteiger partial charge in [0.05, 0.1) is 6.04 Å². The molecule has 0 radical (unpaired) electrons. The monoisotopic (exact) mass is 271 g/mol. The van der Waals surface area contributed by atoms with Gasteiger partial charge in [0.2, 0.25) is 0 Å². The molecule has 1 N–H and O–H groups in total. The minimum atomic E-state index is 0.252. The van der Waals surface area contributed by atoms with Crippen LogP contribution in [0, 0.1) is 13.8 Å². The zero-order valence-electron chi connectivity index (χ0n) is 13.2. The summed E-state index contributed by atoms with van der Waals surface area (Å²) in [5.74, 6) is 2.59. The molecule has 1 aromatic carbocycles. The highest BCUT2D eigenvalue weighted by molar-refractivity contribution is 5.47. The van der Waals surface area contributed by atoms with Crippen molar-refractivity contribution in [3.05, 3.63) is 53.0 Å². The van der Waals surface area contributed by atoms with Crippen LogP contribution in [0.2, 0.25) is 0 Å². The lowest BCUT2D eigenvalue weighted by Crippen LogP contribution is -2.06. The van der Waals surface area contributed by atoms with E-state index in [0.29, 0.717) is 5.92 Å². The summed E-state index contributed by atoms with van der Waals surface area (Å²) in [4.78, 5) is 0. The van der Waals surface area contributed by atoms with Crippen LogP contribution in [-0.4, -0.2) is 0 Å². The first-order valence-electron chi connectivity index (χ1n) is 7.44. The predicted octanol–water partition coefficient (Wildman–Crippen LogP) is 5.58. The van der Waals surface area contributed by atoms with Gasteiger partial charge in [-0.2, -0.15) is 0 Å². The average molecular weight is 271 g/mol. The molecule has 0 spiro atoms. The molecule has 0 aliphatic heterocycles. The Labute approximate surface area is 122 Å². The topological polar surface area (TPSA) is 25.2 Å². The number of benzene rings is 1. The van der Waals surface area contributed by atoms with E-state index in [1.165, 1.54) is 17.5 Å². The highest BCUT2D eigenvalue weighted by atomic mass is 16.3. The van der Waals surface area contributed by atoms with Gasteiger partial charge in [-0.05, 0) is 56.9 Å². The molecule has 0 saturated heterocycles.